The molecule has 1 heterocycles. The number of rotatable bonds is 5. The first kappa shape index (κ1) is 19.2. The molecule has 0 unspecified atom stereocenters. The SMILES string of the molecule is C[C@H]1CCC[C@H](C)N1C(=O)COC(=O)c1ccccc1Cc1ccccc1. The molecule has 0 bridgehead atoms. The van der Waals surface area contributed by atoms with Crippen LogP contribution in [-0.4, -0.2) is 35.5 Å². The van der Waals surface area contributed by atoms with Crippen LogP contribution in [0.25, 0.3) is 0 Å². The van der Waals surface area contributed by atoms with Crippen LogP contribution in [0.2, 0.25) is 0 Å². The Balaban J connectivity index is 1.65. The summed E-state index contributed by atoms with van der Waals surface area (Å²) in [4.78, 5) is 27.1. The normalized spacial score (nSPS) is 19.6. The lowest BCUT2D eigenvalue weighted by molar-refractivity contribution is -0.140. The van der Waals surface area contributed by atoms with E-state index in [1.165, 1.54) is 0 Å². The first-order chi connectivity index (χ1) is 13.1. The third-order valence-corrected chi connectivity index (χ3v) is 5.28. The Morgan fingerprint density at radius 3 is 2.30 bits per heavy atom. The molecule has 27 heavy (non-hydrogen) atoms. The van der Waals surface area contributed by atoms with Crippen LogP contribution in [0.15, 0.2) is 54.6 Å². The fourth-order valence-corrected chi connectivity index (χ4v) is 3.88. The number of amides is 1. The minimum atomic E-state index is -0.438. The van der Waals surface area contributed by atoms with E-state index in [-0.39, 0.29) is 24.6 Å². The molecule has 1 aliphatic rings. The smallest absolute Gasteiger partial charge is 0.338 e. The standard InChI is InChI=1S/C23H27NO3/c1-17-9-8-10-18(2)24(17)22(25)16-27-23(26)21-14-7-6-13-20(21)15-19-11-4-3-5-12-19/h3-7,11-14,17-18H,8-10,15-16H2,1-2H3/t17-,18-/m0/s1. The zero-order valence-corrected chi connectivity index (χ0v) is 16.1. The number of hydrogen-bond donors (Lipinski definition) is 0. The zero-order chi connectivity index (χ0) is 19.2. The quantitative estimate of drug-likeness (QED) is 0.745. The highest BCUT2D eigenvalue weighted by atomic mass is 16.5. The van der Waals surface area contributed by atoms with Crippen molar-refractivity contribution in [1.29, 1.82) is 0 Å². The van der Waals surface area contributed by atoms with Gasteiger partial charge in [-0.3, -0.25) is 4.79 Å². The van der Waals surface area contributed by atoms with Crippen molar-refractivity contribution in [2.24, 2.45) is 0 Å². The fraction of sp³-hybridized carbons (Fsp3) is 0.391. The summed E-state index contributed by atoms with van der Waals surface area (Å²) in [5, 5.41) is 0. The molecule has 2 atom stereocenters. The molecule has 4 heteroatoms. The largest absolute Gasteiger partial charge is 0.452 e. The van der Waals surface area contributed by atoms with Crippen molar-refractivity contribution in [2.45, 2.75) is 51.6 Å². The van der Waals surface area contributed by atoms with Crippen LogP contribution in [0.5, 0.6) is 0 Å². The summed E-state index contributed by atoms with van der Waals surface area (Å²) in [6.45, 7) is 3.92. The van der Waals surface area contributed by atoms with Crippen LogP contribution in [-0.2, 0) is 16.0 Å². The molecular formula is C23H27NO3. The second-order valence-corrected chi connectivity index (χ2v) is 7.33. The molecule has 4 nitrogen and oxygen atoms in total. The number of nitrogens with zero attached hydrogens (tertiary/aromatic N) is 1. The highest BCUT2D eigenvalue weighted by Gasteiger charge is 2.29. The number of carbonyl (C=O) groups excluding carboxylic acids is 2. The van der Waals surface area contributed by atoms with Crippen molar-refractivity contribution in [2.75, 3.05) is 6.61 Å². The molecular weight excluding hydrogens is 338 g/mol. The van der Waals surface area contributed by atoms with Gasteiger partial charge in [0.05, 0.1) is 5.56 Å². The third-order valence-electron chi connectivity index (χ3n) is 5.28. The molecule has 0 spiro atoms. The zero-order valence-electron chi connectivity index (χ0n) is 16.1. The molecule has 1 fully saturated rings. The van der Waals surface area contributed by atoms with Gasteiger partial charge in [0, 0.05) is 12.1 Å². The van der Waals surface area contributed by atoms with E-state index in [0.29, 0.717) is 12.0 Å². The van der Waals surface area contributed by atoms with E-state index >= 15 is 0 Å². The topological polar surface area (TPSA) is 46.6 Å². The Morgan fingerprint density at radius 1 is 0.963 bits per heavy atom. The number of hydrogen-bond acceptors (Lipinski definition) is 3. The van der Waals surface area contributed by atoms with Gasteiger partial charge in [-0.15, -0.1) is 0 Å². The van der Waals surface area contributed by atoms with Gasteiger partial charge in [0.15, 0.2) is 6.61 Å². The van der Waals surface area contributed by atoms with E-state index in [1.54, 1.807) is 6.07 Å². The molecule has 3 rings (SSSR count). The summed E-state index contributed by atoms with van der Waals surface area (Å²) >= 11 is 0. The third kappa shape index (κ3) is 4.76. The van der Waals surface area contributed by atoms with E-state index in [9.17, 15) is 9.59 Å². The Hall–Kier alpha value is -2.62. The Labute approximate surface area is 161 Å². The fourth-order valence-electron chi connectivity index (χ4n) is 3.88. The first-order valence-electron chi connectivity index (χ1n) is 9.66. The highest BCUT2D eigenvalue weighted by molar-refractivity contribution is 5.93. The van der Waals surface area contributed by atoms with Gasteiger partial charge in [-0.05, 0) is 56.7 Å². The van der Waals surface area contributed by atoms with E-state index in [4.69, 9.17) is 4.74 Å². The van der Waals surface area contributed by atoms with Crippen LogP contribution in [0, 0.1) is 0 Å². The van der Waals surface area contributed by atoms with Crippen molar-refractivity contribution >= 4 is 11.9 Å². The summed E-state index contributed by atoms with van der Waals surface area (Å²) in [6, 6.07) is 17.8. The van der Waals surface area contributed by atoms with Gasteiger partial charge in [0.1, 0.15) is 0 Å². The van der Waals surface area contributed by atoms with Gasteiger partial charge < -0.3 is 9.64 Å². The Bertz CT molecular complexity index is 777. The lowest BCUT2D eigenvalue weighted by atomic mass is 9.97. The summed E-state index contributed by atoms with van der Waals surface area (Å²) in [7, 11) is 0. The van der Waals surface area contributed by atoms with Crippen molar-refractivity contribution < 1.29 is 14.3 Å². The second-order valence-electron chi connectivity index (χ2n) is 7.33. The summed E-state index contributed by atoms with van der Waals surface area (Å²) in [6.07, 6.45) is 3.80. The Morgan fingerprint density at radius 2 is 1.59 bits per heavy atom. The monoisotopic (exact) mass is 365 g/mol. The van der Waals surface area contributed by atoms with Crippen molar-refractivity contribution in [3.05, 3.63) is 71.3 Å². The molecule has 0 radical (unpaired) electrons. The minimum Gasteiger partial charge on any atom is -0.452 e. The molecule has 1 amide bonds. The summed E-state index contributed by atoms with van der Waals surface area (Å²) < 4.78 is 5.39. The van der Waals surface area contributed by atoms with Crippen LogP contribution in [0.1, 0.15) is 54.6 Å². The number of piperidine rings is 1. The average Bonchev–Trinajstić information content (AvgIpc) is 2.67. The van der Waals surface area contributed by atoms with Gasteiger partial charge in [0.2, 0.25) is 0 Å². The first-order valence-corrected chi connectivity index (χ1v) is 9.66. The molecule has 0 N–H and O–H groups in total. The predicted octanol–water partition coefficient (Wildman–Crippen LogP) is 4.22. The highest BCUT2D eigenvalue weighted by Crippen LogP contribution is 2.23. The average molecular weight is 365 g/mol. The maximum absolute atomic E-state index is 12.6. The van der Waals surface area contributed by atoms with Crippen molar-refractivity contribution in [3.8, 4) is 0 Å². The van der Waals surface area contributed by atoms with Crippen LogP contribution >= 0.6 is 0 Å². The van der Waals surface area contributed by atoms with Gasteiger partial charge in [-0.25, -0.2) is 4.79 Å². The van der Waals surface area contributed by atoms with Gasteiger partial charge in [-0.1, -0.05) is 48.5 Å². The van der Waals surface area contributed by atoms with Crippen molar-refractivity contribution in [1.82, 2.24) is 4.90 Å². The minimum absolute atomic E-state index is 0.108. The van der Waals surface area contributed by atoms with E-state index in [1.807, 2.05) is 53.4 Å². The second kappa shape index (κ2) is 8.85. The predicted molar refractivity (Wildman–Crippen MR) is 106 cm³/mol. The lowest BCUT2D eigenvalue weighted by Crippen LogP contribution is -2.49. The van der Waals surface area contributed by atoms with Crippen LogP contribution in [0.4, 0.5) is 0 Å². The van der Waals surface area contributed by atoms with E-state index in [0.717, 1.165) is 30.4 Å². The maximum atomic E-state index is 12.6. The molecule has 1 saturated heterocycles. The molecule has 2 aromatic rings. The molecule has 0 aliphatic carbocycles. The number of carbonyl (C=O) groups is 2. The molecule has 0 aromatic heterocycles. The summed E-state index contributed by atoms with van der Waals surface area (Å²) in [5.74, 6) is -0.546. The number of likely N-dealkylation sites (tertiary alicyclic amines) is 1. The van der Waals surface area contributed by atoms with E-state index in [2.05, 4.69) is 13.8 Å². The van der Waals surface area contributed by atoms with Crippen LogP contribution in [0.3, 0.4) is 0 Å². The van der Waals surface area contributed by atoms with Gasteiger partial charge in [-0.2, -0.15) is 0 Å². The molecule has 0 saturated carbocycles. The Kier molecular flexibility index (Phi) is 6.28. The number of benzene rings is 2. The van der Waals surface area contributed by atoms with Gasteiger partial charge in [0.25, 0.3) is 5.91 Å². The van der Waals surface area contributed by atoms with Gasteiger partial charge >= 0.3 is 5.97 Å². The van der Waals surface area contributed by atoms with Crippen LogP contribution < -0.4 is 0 Å². The number of ether oxygens (including phenoxy) is 1. The van der Waals surface area contributed by atoms with E-state index < -0.39 is 5.97 Å². The molecule has 142 valence electrons. The maximum Gasteiger partial charge on any atom is 0.338 e. The molecule has 2 aromatic carbocycles. The summed E-state index contributed by atoms with van der Waals surface area (Å²) in [5.41, 5.74) is 2.56. The number of esters is 1. The molecule has 1 aliphatic heterocycles. The van der Waals surface area contributed by atoms with Crippen molar-refractivity contribution in [3.63, 3.8) is 0 Å². The lowest BCUT2D eigenvalue weighted by Gasteiger charge is -2.38.